The Morgan fingerprint density at radius 2 is 2.00 bits per heavy atom. The van der Waals surface area contributed by atoms with Gasteiger partial charge in [0.1, 0.15) is 21.5 Å². The Hall–Kier alpha value is -1.66. The molecule has 0 radical (unpaired) electrons. The van der Waals surface area contributed by atoms with Crippen LogP contribution in [-0.2, 0) is 6.54 Å². The molecule has 1 aromatic carbocycles. The highest BCUT2D eigenvalue weighted by molar-refractivity contribution is 7.11. The number of likely N-dealkylation sites (tertiary alicyclic amines) is 1. The Bertz CT molecular complexity index is 615. The standard InChI is InChI=1S/C17H23N3O2S/c1-13-18-19-17(23-13)11-20-9-3-4-14(10-20)12-22-16-7-5-15(21-2)6-8-16/h5-8,14H,3-4,9-12H2,1-2H3/t14-/m1/s1. The van der Waals surface area contributed by atoms with Gasteiger partial charge >= 0.3 is 0 Å². The van der Waals surface area contributed by atoms with Gasteiger partial charge in [-0.25, -0.2) is 0 Å². The molecule has 0 bridgehead atoms. The van der Waals surface area contributed by atoms with Gasteiger partial charge in [0.15, 0.2) is 0 Å². The zero-order chi connectivity index (χ0) is 16.1. The lowest BCUT2D eigenvalue weighted by molar-refractivity contribution is 0.125. The molecule has 1 saturated heterocycles. The second kappa shape index (κ2) is 7.75. The van der Waals surface area contributed by atoms with Gasteiger partial charge in [-0.2, -0.15) is 0 Å². The summed E-state index contributed by atoms with van der Waals surface area (Å²) < 4.78 is 11.1. The number of piperidine rings is 1. The number of nitrogens with zero attached hydrogens (tertiary/aromatic N) is 3. The lowest BCUT2D eigenvalue weighted by Gasteiger charge is -2.31. The van der Waals surface area contributed by atoms with Crippen molar-refractivity contribution in [3.05, 3.63) is 34.3 Å². The van der Waals surface area contributed by atoms with Crippen LogP contribution in [0.5, 0.6) is 11.5 Å². The molecule has 2 aromatic rings. The highest BCUT2D eigenvalue weighted by Gasteiger charge is 2.21. The molecule has 6 heteroatoms. The maximum absolute atomic E-state index is 5.94. The summed E-state index contributed by atoms with van der Waals surface area (Å²) in [5, 5.41) is 10.5. The van der Waals surface area contributed by atoms with Gasteiger partial charge in [0.2, 0.25) is 0 Å². The highest BCUT2D eigenvalue weighted by Crippen LogP contribution is 2.22. The molecule has 5 nitrogen and oxygen atoms in total. The number of aromatic nitrogens is 2. The number of benzene rings is 1. The lowest BCUT2D eigenvalue weighted by atomic mass is 9.99. The molecule has 0 N–H and O–H groups in total. The van der Waals surface area contributed by atoms with Gasteiger partial charge in [-0.1, -0.05) is 0 Å². The number of hydrogen-bond donors (Lipinski definition) is 0. The summed E-state index contributed by atoms with van der Waals surface area (Å²) in [7, 11) is 1.67. The first-order valence-corrected chi connectivity index (χ1v) is 8.83. The maximum Gasteiger partial charge on any atom is 0.131 e. The summed E-state index contributed by atoms with van der Waals surface area (Å²) in [6, 6.07) is 7.79. The first kappa shape index (κ1) is 16.2. The van der Waals surface area contributed by atoms with E-state index in [1.807, 2.05) is 31.2 Å². The molecule has 124 valence electrons. The van der Waals surface area contributed by atoms with Crippen LogP contribution >= 0.6 is 11.3 Å². The average molecular weight is 333 g/mol. The monoisotopic (exact) mass is 333 g/mol. The van der Waals surface area contributed by atoms with Crippen LogP contribution in [0.3, 0.4) is 0 Å². The predicted molar refractivity (Wildman–Crippen MR) is 91.1 cm³/mol. The molecule has 0 saturated carbocycles. The first-order valence-electron chi connectivity index (χ1n) is 8.01. The van der Waals surface area contributed by atoms with E-state index >= 15 is 0 Å². The van der Waals surface area contributed by atoms with Gasteiger partial charge in [0.05, 0.1) is 20.3 Å². The summed E-state index contributed by atoms with van der Waals surface area (Å²) in [5.41, 5.74) is 0. The Kier molecular flexibility index (Phi) is 5.46. The summed E-state index contributed by atoms with van der Waals surface area (Å²) >= 11 is 1.69. The molecule has 2 heterocycles. The third kappa shape index (κ3) is 4.65. The van der Waals surface area contributed by atoms with Gasteiger partial charge in [-0.15, -0.1) is 21.5 Å². The molecule has 1 aromatic heterocycles. The molecule has 0 aliphatic carbocycles. The maximum atomic E-state index is 5.94. The molecule has 1 fully saturated rings. The van der Waals surface area contributed by atoms with Crippen LogP contribution in [0.1, 0.15) is 22.9 Å². The van der Waals surface area contributed by atoms with Crippen LogP contribution in [-0.4, -0.2) is 41.9 Å². The fourth-order valence-corrected chi connectivity index (χ4v) is 3.66. The molecule has 1 atom stereocenters. The van der Waals surface area contributed by atoms with Crippen molar-refractivity contribution in [3.63, 3.8) is 0 Å². The van der Waals surface area contributed by atoms with Crippen molar-refractivity contribution in [3.8, 4) is 11.5 Å². The van der Waals surface area contributed by atoms with E-state index in [0.29, 0.717) is 5.92 Å². The number of aryl methyl sites for hydroxylation is 1. The Morgan fingerprint density at radius 1 is 1.22 bits per heavy atom. The summed E-state index contributed by atoms with van der Waals surface area (Å²) in [6.45, 7) is 5.87. The number of rotatable bonds is 6. The molecular formula is C17H23N3O2S. The van der Waals surface area contributed by atoms with Gasteiger partial charge in [-0.05, 0) is 50.6 Å². The van der Waals surface area contributed by atoms with E-state index in [1.165, 1.54) is 12.8 Å². The Balaban J connectivity index is 1.48. The number of hydrogen-bond acceptors (Lipinski definition) is 6. The van der Waals surface area contributed by atoms with Crippen LogP contribution in [0, 0.1) is 12.8 Å². The van der Waals surface area contributed by atoms with Crippen molar-refractivity contribution < 1.29 is 9.47 Å². The van der Waals surface area contributed by atoms with Crippen molar-refractivity contribution in [2.45, 2.75) is 26.3 Å². The van der Waals surface area contributed by atoms with Crippen molar-refractivity contribution >= 4 is 11.3 Å². The number of ether oxygens (including phenoxy) is 2. The van der Waals surface area contributed by atoms with Crippen LogP contribution in [0.2, 0.25) is 0 Å². The van der Waals surface area contributed by atoms with Gasteiger partial charge in [-0.3, -0.25) is 4.90 Å². The van der Waals surface area contributed by atoms with E-state index in [4.69, 9.17) is 9.47 Å². The SMILES string of the molecule is COc1ccc(OC[C@@H]2CCCN(Cc3nnc(C)s3)C2)cc1. The van der Waals surface area contributed by atoms with Crippen LogP contribution < -0.4 is 9.47 Å². The Morgan fingerprint density at radius 3 is 2.70 bits per heavy atom. The van der Waals surface area contributed by atoms with E-state index in [9.17, 15) is 0 Å². The third-order valence-electron chi connectivity index (χ3n) is 4.07. The molecule has 1 aliphatic heterocycles. The normalized spacial score (nSPS) is 18.8. The van der Waals surface area contributed by atoms with E-state index in [2.05, 4.69) is 15.1 Å². The second-order valence-corrected chi connectivity index (χ2v) is 7.21. The van der Waals surface area contributed by atoms with E-state index in [1.54, 1.807) is 18.4 Å². The van der Waals surface area contributed by atoms with Crippen molar-refractivity contribution in [1.82, 2.24) is 15.1 Å². The van der Waals surface area contributed by atoms with Crippen molar-refractivity contribution in [2.24, 2.45) is 5.92 Å². The van der Waals surface area contributed by atoms with Gasteiger partial charge in [0, 0.05) is 12.5 Å². The van der Waals surface area contributed by atoms with Crippen molar-refractivity contribution in [1.29, 1.82) is 0 Å². The molecule has 23 heavy (non-hydrogen) atoms. The molecule has 0 unspecified atom stereocenters. The second-order valence-electron chi connectivity index (χ2n) is 5.94. The molecule has 3 rings (SSSR count). The average Bonchev–Trinajstić information content (AvgIpc) is 2.99. The fourth-order valence-electron chi connectivity index (χ4n) is 2.91. The Labute approximate surface area is 141 Å². The molecule has 0 amide bonds. The quantitative estimate of drug-likeness (QED) is 0.813. The minimum atomic E-state index is 0.569. The minimum absolute atomic E-state index is 0.569. The largest absolute Gasteiger partial charge is 0.497 e. The van der Waals surface area contributed by atoms with E-state index < -0.39 is 0 Å². The smallest absolute Gasteiger partial charge is 0.131 e. The topological polar surface area (TPSA) is 47.5 Å². The van der Waals surface area contributed by atoms with E-state index in [0.717, 1.165) is 47.8 Å². The number of methoxy groups -OCH3 is 1. The predicted octanol–water partition coefficient (Wildman–Crippen LogP) is 3.15. The first-order chi connectivity index (χ1) is 11.2. The van der Waals surface area contributed by atoms with Crippen LogP contribution in [0.15, 0.2) is 24.3 Å². The molecule has 1 aliphatic rings. The summed E-state index contributed by atoms with van der Waals surface area (Å²) in [5.74, 6) is 2.33. The summed E-state index contributed by atoms with van der Waals surface area (Å²) in [6.07, 6.45) is 2.44. The summed E-state index contributed by atoms with van der Waals surface area (Å²) in [4.78, 5) is 2.46. The lowest BCUT2D eigenvalue weighted by Crippen LogP contribution is -2.37. The van der Waals surface area contributed by atoms with E-state index in [-0.39, 0.29) is 0 Å². The molecule has 0 spiro atoms. The minimum Gasteiger partial charge on any atom is -0.497 e. The fraction of sp³-hybridized carbons (Fsp3) is 0.529. The highest BCUT2D eigenvalue weighted by atomic mass is 32.1. The third-order valence-corrected chi connectivity index (χ3v) is 4.90. The van der Waals surface area contributed by atoms with Crippen molar-refractivity contribution in [2.75, 3.05) is 26.8 Å². The van der Waals surface area contributed by atoms with Crippen LogP contribution in [0.4, 0.5) is 0 Å². The zero-order valence-electron chi connectivity index (χ0n) is 13.7. The van der Waals surface area contributed by atoms with Crippen LogP contribution in [0.25, 0.3) is 0 Å². The molecular weight excluding hydrogens is 310 g/mol. The van der Waals surface area contributed by atoms with Gasteiger partial charge in [0.25, 0.3) is 0 Å². The zero-order valence-corrected chi connectivity index (χ0v) is 14.5. The van der Waals surface area contributed by atoms with Gasteiger partial charge < -0.3 is 9.47 Å².